The van der Waals surface area contributed by atoms with Crippen molar-refractivity contribution < 1.29 is 4.52 Å². The van der Waals surface area contributed by atoms with E-state index >= 15 is 0 Å². The van der Waals surface area contributed by atoms with Gasteiger partial charge in [-0.3, -0.25) is 4.79 Å². The first-order valence-electron chi connectivity index (χ1n) is 7.53. The molecule has 22 heavy (non-hydrogen) atoms. The molecule has 5 heteroatoms. The van der Waals surface area contributed by atoms with Gasteiger partial charge in [0.1, 0.15) is 5.76 Å². The molecule has 0 amide bonds. The molecular weight excluding hydrogens is 278 g/mol. The molecule has 0 radical (unpaired) electrons. The van der Waals surface area contributed by atoms with Crippen molar-refractivity contribution in [1.29, 1.82) is 0 Å². The predicted molar refractivity (Wildman–Crippen MR) is 84.3 cm³/mol. The van der Waals surface area contributed by atoms with Crippen LogP contribution in [0.2, 0.25) is 0 Å². The van der Waals surface area contributed by atoms with E-state index in [0.29, 0.717) is 18.0 Å². The van der Waals surface area contributed by atoms with Gasteiger partial charge in [0.25, 0.3) is 5.56 Å². The van der Waals surface area contributed by atoms with E-state index in [0.717, 1.165) is 25.1 Å². The molecule has 0 atom stereocenters. The van der Waals surface area contributed by atoms with Gasteiger partial charge in [0.2, 0.25) is 0 Å². The Morgan fingerprint density at radius 3 is 3.05 bits per heavy atom. The molecule has 1 aliphatic heterocycles. The SMILES string of the molecule is Cc1cc2nc(CN3CCCc4ccccc43)cc(=O)n2o1. The Morgan fingerprint density at radius 1 is 1.27 bits per heavy atom. The number of anilines is 1. The van der Waals surface area contributed by atoms with Gasteiger partial charge in [-0.2, -0.15) is 0 Å². The Bertz CT molecular complexity index is 894. The summed E-state index contributed by atoms with van der Waals surface area (Å²) in [5, 5.41) is 0. The number of hydrogen-bond acceptors (Lipinski definition) is 4. The van der Waals surface area contributed by atoms with E-state index in [1.807, 2.05) is 6.92 Å². The van der Waals surface area contributed by atoms with Crippen LogP contribution >= 0.6 is 0 Å². The lowest BCUT2D eigenvalue weighted by Gasteiger charge is -2.30. The van der Waals surface area contributed by atoms with Crippen LogP contribution in [-0.4, -0.2) is 16.1 Å². The standard InChI is InChI=1S/C17H17N3O2/c1-12-9-16-18-14(10-17(21)20(16)22-12)11-19-8-4-6-13-5-2-3-7-15(13)19/h2-3,5,7,9-10H,4,6,8,11H2,1H3. The molecule has 0 saturated carbocycles. The van der Waals surface area contributed by atoms with Crippen LogP contribution in [-0.2, 0) is 13.0 Å². The molecule has 0 spiro atoms. The zero-order valence-electron chi connectivity index (χ0n) is 12.5. The third kappa shape index (κ3) is 2.19. The molecule has 4 rings (SSSR count). The van der Waals surface area contributed by atoms with Crippen LogP contribution in [0.25, 0.3) is 5.65 Å². The van der Waals surface area contributed by atoms with Crippen LogP contribution in [0.3, 0.4) is 0 Å². The van der Waals surface area contributed by atoms with Crippen molar-refractivity contribution >= 4 is 11.3 Å². The molecular formula is C17H17N3O2. The van der Waals surface area contributed by atoms with Crippen molar-refractivity contribution in [1.82, 2.24) is 9.56 Å². The Hall–Kier alpha value is -2.56. The van der Waals surface area contributed by atoms with Gasteiger partial charge in [-0.15, -0.1) is 4.57 Å². The summed E-state index contributed by atoms with van der Waals surface area (Å²) in [5.41, 5.74) is 3.80. The summed E-state index contributed by atoms with van der Waals surface area (Å²) in [6, 6.07) is 11.8. The highest BCUT2D eigenvalue weighted by atomic mass is 16.5. The fraction of sp³-hybridized carbons (Fsp3) is 0.294. The third-order valence-electron chi connectivity index (χ3n) is 4.08. The molecule has 0 fully saturated rings. The van der Waals surface area contributed by atoms with Gasteiger partial charge in [-0.25, -0.2) is 4.98 Å². The van der Waals surface area contributed by atoms with Crippen LogP contribution in [0.1, 0.15) is 23.4 Å². The Labute approximate surface area is 127 Å². The van der Waals surface area contributed by atoms with Gasteiger partial charge in [0, 0.05) is 24.4 Å². The monoisotopic (exact) mass is 295 g/mol. The second kappa shape index (κ2) is 5.02. The topological polar surface area (TPSA) is 50.8 Å². The molecule has 1 aromatic carbocycles. The van der Waals surface area contributed by atoms with Gasteiger partial charge in [-0.1, -0.05) is 18.2 Å². The minimum atomic E-state index is -0.168. The van der Waals surface area contributed by atoms with Gasteiger partial charge in [0.05, 0.1) is 12.2 Å². The lowest BCUT2D eigenvalue weighted by atomic mass is 10.0. The number of para-hydroxylation sites is 1. The zero-order valence-corrected chi connectivity index (χ0v) is 12.5. The minimum Gasteiger partial charge on any atom is -0.375 e. The van der Waals surface area contributed by atoms with E-state index < -0.39 is 0 Å². The lowest BCUT2D eigenvalue weighted by molar-refractivity contribution is 0.344. The maximum absolute atomic E-state index is 12.1. The second-order valence-electron chi connectivity index (χ2n) is 5.74. The lowest BCUT2D eigenvalue weighted by Crippen LogP contribution is -2.30. The molecule has 0 N–H and O–H groups in total. The summed E-state index contributed by atoms with van der Waals surface area (Å²) in [5.74, 6) is 0.685. The summed E-state index contributed by atoms with van der Waals surface area (Å²) in [6.45, 7) is 3.45. The maximum atomic E-state index is 12.1. The first-order chi connectivity index (χ1) is 10.7. The van der Waals surface area contributed by atoms with Crippen LogP contribution in [0, 0.1) is 6.92 Å². The Balaban J connectivity index is 1.71. The van der Waals surface area contributed by atoms with E-state index in [9.17, 15) is 4.79 Å². The predicted octanol–water partition coefficient (Wildman–Crippen LogP) is 2.55. The number of aryl methyl sites for hydroxylation is 2. The van der Waals surface area contributed by atoms with Crippen LogP contribution in [0.15, 0.2) is 45.7 Å². The molecule has 0 aliphatic carbocycles. The van der Waals surface area contributed by atoms with Crippen LogP contribution < -0.4 is 10.5 Å². The highest BCUT2D eigenvalue weighted by molar-refractivity contribution is 5.55. The summed E-state index contributed by atoms with van der Waals surface area (Å²) in [7, 11) is 0. The highest BCUT2D eigenvalue weighted by Gasteiger charge is 2.17. The number of rotatable bonds is 2. The van der Waals surface area contributed by atoms with E-state index in [2.05, 4.69) is 34.1 Å². The number of nitrogens with zero attached hydrogens (tertiary/aromatic N) is 3. The summed E-state index contributed by atoms with van der Waals surface area (Å²) < 4.78 is 6.57. The third-order valence-corrected chi connectivity index (χ3v) is 4.08. The molecule has 0 bridgehead atoms. The normalized spacial score (nSPS) is 14.3. The fourth-order valence-corrected chi connectivity index (χ4v) is 3.13. The molecule has 5 nitrogen and oxygen atoms in total. The average Bonchev–Trinajstić information content (AvgIpc) is 2.89. The van der Waals surface area contributed by atoms with E-state index in [1.165, 1.54) is 15.8 Å². The first-order valence-corrected chi connectivity index (χ1v) is 7.53. The average molecular weight is 295 g/mol. The molecule has 0 saturated heterocycles. The van der Waals surface area contributed by atoms with Gasteiger partial charge < -0.3 is 9.42 Å². The Kier molecular flexibility index (Phi) is 2.99. The fourth-order valence-electron chi connectivity index (χ4n) is 3.13. The quantitative estimate of drug-likeness (QED) is 0.729. The molecule has 3 heterocycles. The summed E-state index contributed by atoms with van der Waals surface area (Å²) >= 11 is 0. The maximum Gasteiger partial charge on any atom is 0.287 e. The van der Waals surface area contributed by atoms with Crippen molar-refractivity contribution in [3.8, 4) is 0 Å². The molecule has 2 aromatic heterocycles. The largest absolute Gasteiger partial charge is 0.375 e. The van der Waals surface area contributed by atoms with Gasteiger partial charge >= 0.3 is 0 Å². The van der Waals surface area contributed by atoms with Crippen molar-refractivity contribution in [3.05, 3.63) is 63.8 Å². The highest BCUT2D eigenvalue weighted by Crippen LogP contribution is 2.27. The van der Waals surface area contributed by atoms with Crippen molar-refractivity contribution in [2.24, 2.45) is 0 Å². The Morgan fingerprint density at radius 2 is 2.14 bits per heavy atom. The first kappa shape index (κ1) is 13.1. The van der Waals surface area contributed by atoms with E-state index in [4.69, 9.17) is 4.52 Å². The number of fused-ring (bicyclic) bond motifs is 2. The minimum absolute atomic E-state index is 0.168. The molecule has 3 aromatic rings. The van der Waals surface area contributed by atoms with Gasteiger partial charge in [0.15, 0.2) is 5.65 Å². The zero-order chi connectivity index (χ0) is 15.1. The molecule has 1 aliphatic rings. The summed E-state index contributed by atoms with van der Waals surface area (Å²) in [4.78, 5) is 19.0. The van der Waals surface area contributed by atoms with Crippen LogP contribution in [0.4, 0.5) is 5.69 Å². The van der Waals surface area contributed by atoms with Crippen molar-refractivity contribution in [3.63, 3.8) is 0 Å². The van der Waals surface area contributed by atoms with Crippen molar-refractivity contribution in [2.75, 3.05) is 11.4 Å². The molecule has 0 unspecified atom stereocenters. The number of aromatic nitrogens is 2. The second-order valence-corrected chi connectivity index (χ2v) is 5.74. The van der Waals surface area contributed by atoms with Crippen LogP contribution in [0.5, 0.6) is 0 Å². The summed E-state index contributed by atoms with van der Waals surface area (Å²) in [6.07, 6.45) is 2.24. The molecule has 112 valence electrons. The van der Waals surface area contributed by atoms with Crippen molar-refractivity contribution in [2.45, 2.75) is 26.3 Å². The smallest absolute Gasteiger partial charge is 0.287 e. The number of benzene rings is 1. The van der Waals surface area contributed by atoms with Gasteiger partial charge in [-0.05, 0) is 31.4 Å². The van der Waals surface area contributed by atoms with E-state index in [1.54, 1.807) is 12.1 Å². The van der Waals surface area contributed by atoms with E-state index in [-0.39, 0.29) is 5.56 Å². The number of hydrogen-bond donors (Lipinski definition) is 0.